The lowest BCUT2D eigenvalue weighted by Crippen LogP contribution is -2.02. The summed E-state index contributed by atoms with van der Waals surface area (Å²) in [6.45, 7) is 0.259. The number of ether oxygens (including phenoxy) is 1. The second-order valence-electron chi connectivity index (χ2n) is 4.61. The summed E-state index contributed by atoms with van der Waals surface area (Å²) in [6.07, 6.45) is 0. The van der Waals surface area contributed by atoms with Crippen molar-refractivity contribution < 1.29 is 9.53 Å². The van der Waals surface area contributed by atoms with Crippen LogP contribution in [0.25, 0.3) is 10.1 Å². The number of carbonyl (C=O) groups excluding carboxylic acids is 1. The zero-order valence-electron chi connectivity index (χ0n) is 11.0. The van der Waals surface area contributed by atoms with E-state index < -0.39 is 0 Å². The number of fused-ring (bicyclic) bond motifs is 1. The summed E-state index contributed by atoms with van der Waals surface area (Å²) in [5, 5.41) is 0.967. The summed E-state index contributed by atoms with van der Waals surface area (Å²) in [4.78, 5) is 12.7. The highest BCUT2D eigenvalue weighted by atomic mass is 79.9. The third-order valence-corrected chi connectivity index (χ3v) is 4.59. The van der Waals surface area contributed by atoms with E-state index >= 15 is 0 Å². The van der Waals surface area contributed by atoms with E-state index in [1.165, 1.54) is 11.3 Å². The van der Waals surface area contributed by atoms with Crippen LogP contribution in [0.15, 0.2) is 53.0 Å². The molecule has 3 nitrogen and oxygen atoms in total. The average molecular weight is 362 g/mol. The molecule has 0 aliphatic carbocycles. The largest absolute Gasteiger partial charge is 0.457 e. The Kier molecular flexibility index (Phi) is 3.94. The Balaban J connectivity index is 1.74. The van der Waals surface area contributed by atoms with Crippen molar-refractivity contribution in [3.05, 3.63) is 63.4 Å². The molecule has 0 spiro atoms. The Morgan fingerprint density at radius 2 is 2.05 bits per heavy atom. The number of nitrogens with two attached hydrogens (primary N) is 1. The number of halogens is 1. The zero-order chi connectivity index (χ0) is 14.8. The minimum absolute atomic E-state index is 0.259. The molecule has 0 amide bonds. The van der Waals surface area contributed by atoms with Crippen LogP contribution in [-0.2, 0) is 11.3 Å². The molecule has 5 heteroatoms. The summed E-state index contributed by atoms with van der Waals surface area (Å²) in [7, 11) is 0. The van der Waals surface area contributed by atoms with Gasteiger partial charge in [-0.1, -0.05) is 28.1 Å². The van der Waals surface area contributed by atoms with Gasteiger partial charge in [-0.2, -0.15) is 0 Å². The number of anilines is 1. The lowest BCUT2D eigenvalue weighted by molar-refractivity contribution is 0.0478. The topological polar surface area (TPSA) is 52.3 Å². The van der Waals surface area contributed by atoms with E-state index in [2.05, 4.69) is 15.9 Å². The number of nitrogen functional groups attached to an aromatic ring is 1. The van der Waals surface area contributed by atoms with Crippen LogP contribution >= 0.6 is 27.3 Å². The second kappa shape index (κ2) is 5.87. The van der Waals surface area contributed by atoms with Crippen molar-refractivity contribution in [1.82, 2.24) is 0 Å². The van der Waals surface area contributed by atoms with Gasteiger partial charge in [-0.25, -0.2) is 4.79 Å². The predicted molar refractivity (Wildman–Crippen MR) is 89.5 cm³/mol. The number of carbonyl (C=O) groups is 1. The molecule has 106 valence electrons. The lowest BCUT2D eigenvalue weighted by Gasteiger charge is -2.03. The quantitative estimate of drug-likeness (QED) is 0.547. The molecular weight excluding hydrogens is 350 g/mol. The molecule has 0 aliphatic rings. The van der Waals surface area contributed by atoms with Gasteiger partial charge in [0.25, 0.3) is 0 Å². The molecule has 1 aromatic heterocycles. The molecule has 0 saturated heterocycles. The summed E-state index contributed by atoms with van der Waals surface area (Å²) < 4.78 is 7.34. The van der Waals surface area contributed by atoms with Crippen LogP contribution in [0, 0.1) is 0 Å². The number of hydrogen-bond acceptors (Lipinski definition) is 4. The summed E-state index contributed by atoms with van der Waals surface area (Å²) in [5.74, 6) is -0.310. The minimum atomic E-state index is -0.310. The van der Waals surface area contributed by atoms with Crippen LogP contribution in [0.4, 0.5) is 5.69 Å². The SMILES string of the molecule is Nc1ccc2sc(C(=O)OCc3cccc(Br)c3)cc2c1. The maximum Gasteiger partial charge on any atom is 0.348 e. The number of benzene rings is 2. The lowest BCUT2D eigenvalue weighted by atomic mass is 10.2. The Bertz CT molecular complexity index is 813. The van der Waals surface area contributed by atoms with Crippen LogP contribution < -0.4 is 5.73 Å². The Morgan fingerprint density at radius 1 is 1.19 bits per heavy atom. The van der Waals surface area contributed by atoms with E-state index in [0.29, 0.717) is 10.6 Å². The van der Waals surface area contributed by atoms with Crippen molar-refractivity contribution in [2.45, 2.75) is 6.61 Å². The Hall–Kier alpha value is -1.85. The van der Waals surface area contributed by atoms with Gasteiger partial charge in [0.1, 0.15) is 11.5 Å². The monoisotopic (exact) mass is 361 g/mol. The summed E-state index contributed by atoms with van der Waals surface area (Å²) in [5.41, 5.74) is 7.38. The molecule has 0 unspecified atom stereocenters. The number of rotatable bonds is 3. The standard InChI is InChI=1S/C16H12BrNO2S/c17-12-3-1-2-10(6-12)9-20-16(19)15-8-11-7-13(18)4-5-14(11)21-15/h1-8H,9,18H2. The van der Waals surface area contributed by atoms with E-state index in [4.69, 9.17) is 10.5 Å². The van der Waals surface area contributed by atoms with Gasteiger partial charge in [0.15, 0.2) is 0 Å². The van der Waals surface area contributed by atoms with E-state index in [-0.39, 0.29) is 12.6 Å². The molecule has 1 heterocycles. The van der Waals surface area contributed by atoms with E-state index in [9.17, 15) is 4.79 Å². The van der Waals surface area contributed by atoms with Gasteiger partial charge in [0.2, 0.25) is 0 Å². The molecular formula is C16H12BrNO2S. The van der Waals surface area contributed by atoms with Crippen molar-refractivity contribution >= 4 is 49.0 Å². The predicted octanol–water partition coefficient (Wildman–Crippen LogP) is 4.60. The Labute approximate surface area is 134 Å². The fourth-order valence-corrected chi connectivity index (χ4v) is 3.39. The third kappa shape index (κ3) is 3.25. The van der Waals surface area contributed by atoms with Crippen LogP contribution in [0.3, 0.4) is 0 Å². The third-order valence-electron chi connectivity index (χ3n) is 3.00. The van der Waals surface area contributed by atoms with Gasteiger partial charge in [0.05, 0.1) is 0 Å². The molecule has 0 atom stereocenters. The minimum Gasteiger partial charge on any atom is -0.457 e. The number of thiophene rings is 1. The fourth-order valence-electron chi connectivity index (χ4n) is 2.01. The summed E-state index contributed by atoms with van der Waals surface area (Å²) in [6, 6.07) is 15.1. The molecule has 3 aromatic rings. The van der Waals surface area contributed by atoms with Gasteiger partial charge in [-0.15, -0.1) is 11.3 Å². The van der Waals surface area contributed by atoms with Crippen molar-refractivity contribution in [1.29, 1.82) is 0 Å². The van der Waals surface area contributed by atoms with Gasteiger partial charge < -0.3 is 10.5 Å². The highest BCUT2D eigenvalue weighted by Gasteiger charge is 2.12. The van der Waals surface area contributed by atoms with Crippen molar-refractivity contribution in [3.8, 4) is 0 Å². The molecule has 0 bridgehead atoms. The van der Waals surface area contributed by atoms with Crippen LogP contribution in [0.2, 0.25) is 0 Å². The van der Waals surface area contributed by atoms with E-state index in [1.54, 1.807) is 0 Å². The smallest absolute Gasteiger partial charge is 0.348 e. The van der Waals surface area contributed by atoms with Crippen molar-refractivity contribution in [3.63, 3.8) is 0 Å². The first-order valence-electron chi connectivity index (χ1n) is 6.32. The molecule has 0 radical (unpaired) electrons. The normalized spacial score (nSPS) is 10.7. The van der Waals surface area contributed by atoms with Gasteiger partial charge in [-0.05, 0) is 47.3 Å². The maximum atomic E-state index is 12.1. The van der Waals surface area contributed by atoms with Crippen LogP contribution in [0.5, 0.6) is 0 Å². The number of hydrogen-bond donors (Lipinski definition) is 1. The first-order valence-corrected chi connectivity index (χ1v) is 7.93. The van der Waals surface area contributed by atoms with E-state index in [1.807, 2.05) is 48.5 Å². The maximum absolute atomic E-state index is 12.1. The van der Waals surface area contributed by atoms with Crippen molar-refractivity contribution in [2.75, 3.05) is 5.73 Å². The fraction of sp³-hybridized carbons (Fsp3) is 0.0625. The van der Waals surface area contributed by atoms with E-state index in [0.717, 1.165) is 20.1 Å². The van der Waals surface area contributed by atoms with Crippen LogP contribution in [0.1, 0.15) is 15.2 Å². The van der Waals surface area contributed by atoms with Gasteiger partial charge >= 0.3 is 5.97 Å². The highest BCUT2D eigenvalue weighted by molar-refractivity contribution is 9.10. The molecule has 2 N–H and O–H groups in total. The average Bonchev–Trinajstić information content (AvgIpc) is 2.88. The molecule has 2 aromatic carbocycles. The molecule has 0 aliphatic heterocycles. The Morgan fingerprint density at radius 3 is 2.86 bits per heavy atom. The van der Waals surface area contributed by atoms with Gasteiger partial charge in [-0.3, -0.25) is 0 Å². The molecule has 3 rings (SSSR count). The highest BCUT2D eigenvalue weighted by Crippen LogP contribution is 2.28. The first kappa shape index (κ1) is 14.1. The van der Waals surface area contributed by atoms with Crippen molar-refractivity contribution in [2.24, 2.45) is 0 Å². The number of esters is 1. The zero-order valence-corrected chi connectivity index (χ0v) is 13.4. The molecule has 0 fully saturated rings. The van der Waals surface area contributed by atoms with Crippen LogP contribution in [-0.4, -0.2) is 5.97 Å². The summed E-state index contributed by atoms with van der Waals surface area (Å²) >= 11 is 4.81. The van der Waals surface area contributed by atoms with Gasteiger partial charge in [0, 0.05) is 14.9 Å². The first-order chi connectivity index (χ1) is 10.1. The molecule has 21 heavy (non-hydrogen) atoms. The molecule has 0 saturated carbocycles. The second-order valence-corrected chi connectivity index (χ2v) is 6.61.